The number of nitrogens with one attached hydrogen (secondary N) is 2. The molecule has 0 spiro atoms. The van der Waals surface area contributed by atoms with Crippen molar-refractivity contribution in [1.82, 2.24) is 9.38 Å². The summed E-state index contributed by atoms with van der Waals surface area (Å²) < 4.78 is 13.3. The average Bonchev–Trinajstić information content (AvgIpc) is 3.22. The van der Waals surface area contributed by atoms with Crippen LogP contribution >= 0.6 is 0 Å². The number of imidazole rings is 1. The zero-order chi connectivity index (χ0) is 22.1. The van der Waals surface area contributed by atoms with Crippen molar-refractivity contribution in [1.29, 1.82) is 0 Å². The molecule has 8 heteroatoms. The Kier molecular flexibility index (Phi) is 4.95. The lowest BCUT2D eigenvalue weighted by Gasteiger charge is -2.23. The molecule has 0 saturated heterocycles. The molecular weight excluding hydrogens is 408 g/mol. The van der Waals surface area contributed by atoms with E-state index in [-0.39, 0.29) is 18.4 Å². The third-order valence-corrected chi connectivity index (χ3v) is 5.07. The van der Waals surface area contributed by atoms with E-state index in [4.69, 9.17) is 9.47 Å². The molecule has 0 bridgehead atoms. The molecule has 32 heavy (non-hydrogen) atoms. The number of nitrogens with zero attached hydrogens (tertiary/aromatic N) is 2. The molecule has 2 aromatic heterocycles. The minimum absolute atomic E-state index is 0.226. The monoisotopic (exact) mass is 428 g/mol. The van der Waals surface area contributed by atoms with Gasteiger partial charge in [-0.15, -0.1) is 0 Å². The van der Waals surface area contributed by atoms with E-state index in [0.717, 1.165) is 11.3 Å². The fourth-order valence-corrected chi connectivity index (χ4v) is 3.43. The molecule has 0 fully saturated rings. The van der Waals surface area contributed by atoms with Crippen LogP contribution in [-0.2, 0) is 11.4 Å². The van der Waals surface area contributed by atoms with Crippen LogP contribution in [0.4, 0.5) is 11.4 Å². The number of fused-ring (bicyclic) bond motifs is 2. The first-order valence-electron chi connectivity index (χ1n) is 10.1. The molecule has 1 aliphatic heterocycles. The van der Waals surface area contributed by atoms with Crippen molar-refractivity contribution in [2.24, 2.45) is 0 Å². The van der Waals surface area contributed by atoms with Gasteiger partial charge in [0.25, 0.3) is 11.8 Å². The number of carbonyl (C=O) groups is 2. The van der Waals surface area contributed by atoms with Gasteiger partial charge in [0.15, 0.2) is 6.10 Å². The van der Waals surface area contributed by atoms with Crippen LogP contribution in [0.3, 0.4) is 0 Å². The lowest BCUT2D eigenvalue weighted by Crippen LogP contribution is -2.34. The second-order valence-electron chi connectivity index (χ2n) is 7.43. The maximum absolute atomic E-state index is 12.7. The molecule has 160 valence electrons. The normalized spacial score (nSPS) is 14.9. The minimum atomic E-state index is -0.550. The predicted molar refractivity (Wildman–Crippen MR) is 119 cm³/mol. The van der Waals surface area contributed by atoms with Crippen molar-refractivity contribution in [3.63, 3.8) is 0 Å². The van der Waals surface area contributed by atoms with E-state index in [1.54, 1.807) is 49.4 Å². The number of aromatic nitrogens is 2. The lowest BCUT2D eigenvalue weighted by molar-refractivity contribution is -0.122. The largest absolute Gasteiger partial charge is 0.487 e. The molecule has 1 aliphatic rings. The summed E-state index contributed by atoms with van der Waals surface area (Å²) in [4.78, 5) is 29.1. The number of amides is 2. The van der Waals surface area contributed by atoms with Crippen LogP contribution in [0.1, 0.15) is 23.0 Å². The van der Waals surface area contributed by atoms with E-state index < -0.39 is 6.10 Å². The summed E-state index contributed by atoms with van der Waals surface area (Å²) in [6.45, 7) is 1.97. The molecule has 0 unspecified atom stereocenters. The maximum atomic E-state index is 12.7. The highest BCUT2D eigenvalue weighted by Gasteiger charge is 2.23. The highest BCUT2D eigenvalue weighted by molar-refractivity contribution is 6.05. The van der Waals surface area contributed by atoms with Gasteiger partial charge in [-0.25, -0.2) is 4.98 Å². The van der Waals surface area contributed by atoms with E-state index in [2.05, 4.69) is 15.6 Å². The van der Waals surface area contributed by atoms with Gasteiger partial charge in [0.2, 0.25) is 0 Å². The van der Waals surface area contributed by atoms with Crippen molar-refractivity contribution >= 4 is 28.8 Å². The van der Waals surface area contributed by atoms with Gasteiger partial charge in [0.05, 0.1) is 11.4 Å². The van der Waals surface area contributed by atoms with Crippen molar-refractivity contribution in [2.45, 2.75) is 19.6 Å². The van der Waals surface area contributed by atoms with Crippen LogP contribution in [-0.4, -0.2) is 27.3 Å². The Hall–Kier alpha value is -4.33. The number of benzene rings is 2. The van der Waals surface area contributed by atoms with Gasteiger partial charge in [-0.05, 0) is 55.5 Å². The predicted octanol–water partition coefficient (Wildman–Crippen LogP) is 3.89. The Morgan fingerprint density at radius 1 is 1.19 bits per heavy atom. The van der Waals surface area contributed by atoms with Crippen molar-refractivity contribution in [2.75, 3.05) is 10.6 Å². The van der Waals surface area contributed by atoms with Crippen LogP contribution in [0.25, 0.3) is 5.65 Å². The van der Waals surface area contributed by atoms with Crippen molar-refractivity contribution in [3.05, 3.63) is 84.3 Å². The number of rotatable bonds is 5. The third kappa shape index (κ3) is 3.98. The number of hydrogen-bond acceptors (Lipinski definition) is 5. The van der Waals surface area contributed by atoms with E-state index >= 15 is 0 Å². The van der Waals surface area contributed by atoms with Gasteiger partial charge >= 0.3 is 0 Å². The van der Waals surface area contributed by atoms with Gasteiger partial charge in [-0.1, -0.05) is 12.1 Å². The van der Waals surface area contributed by atoms with Crippen LogP contribution in [0.2, 0.25) is 0 Å². The van der Waals surface area contributed by atoms with Crippen molar-refractivity contribution in [3.8, 4) is 11.5 Å². The number of carbonyl (C=O) groups excluding carboxylic acids is 2. The van der Waals surface area contributed by atoms with Crippen LogP contribution in [0.15, 0.2) is 73.1 Å². The molecule has 0 saturated carbocycles. The summed E-state index contributed by atoms with van der Waals surface area (Å²) in [5.74, 6) is 0.614. The van der Waals surface area contributed by atoms with Gasteiger partial charge in [-0.3, -0.25) is 9.59 Å². The summed E-state index contributed by atoms with van der Waals surface area (Å²) in [5, 5.41) is 5.61. The van der Waals surface area contributed by atoms with E-state index in [0.29, 0.717) is 28.4 Å². The highest BCUT2D eigenvalue weighted by Crippen LogP contribution is 2.32. The zero-order valence-electron chi connectivity index (χ0n) is 17.2. The fraction of sp³-hybridized carbons (Fsp3) is 0.125. The second-order valence-corrected chi connectivity index (χ2v) is 7.43. The molecule has 5 rings (SSSR count). The van der Waals surface area contributed by atoms with Gasteiger partial charge in [0.1, 0.15) is 23.8 Å². The number of pyridine rings is 1. The summed E-state index contributed by atoms with van der Waals surface area (Å²) >= 11 is 0. The number of ether oxygens (including phenoxy) is 2. The third-order valence-electron chi connectivity index (χ3n) is 5.07. The Morgan fingerprint density at radius 2 is 2.09 bits per heavy atom. The van der Waals surface area contributed by atoms with Crippen molar-refractivity contribution < 1.29 is 19.1 Å². The lowest BCUT2D eigenvalue weighted by atomic mass is 10.1. The van der Waals surface area contributed by atoms with Gasteiger partial charge < -0.3 is 24.5 Å². The molecule has 2 amide bonds. The van der Waals surface area contributed by atoms with Crippen LogP contribution in [0.5, 0.6) is 11.5 Å². The maximum Gasteiger partial charge on any atom is 0.265 e. The van der Waals surface area contributed by atoms with Crippen LogP contribution < -0.4 is 20.1 Å². The standard InChI is InChI=1S/C24H20N4O4/c1-15-23(29)27-20-12-17(8-9-21(20)32-15)26-24(30)16-5-4-6-19(11-16)31-14-18-13-28-10-3-2-7-22(28)25-18/h2-13,15H,14H2,1H3,(H,26,30)(H,27,29)/t15-/m1/s1. The minimum Gasteiger partial charge on any atom is -0.487 e. The molecule has 0 radical (unpaired) electrons. The second kappa shape index (κ2) is 8.07. The topological polar surface area (TPSA) is 94.0 Å². The van der Waals surface area contributed by atoms with Crippen LogP contribution in [0, 0.1) is 0 Å². The summed E-state index contributed by atoms with van der Waals surface area (Å²) in [5.41, 5.74) is 3.15. The zero-order valence-corrected chi connectivity index (χ0v) is 17.2. The smallest absolute Gasteiger partial charge is 0.265 e. The molecule has 1 atom stereocenters. The summed E-state index contributed by atoms with van der Waals surface area (Å²) in [6.07, 6.45) is 3.28. The average molecular weight is 428 g/mol. The Bertz CT molecular complexity index is 1300. The Labute approximate surface area is 183 Å². The van der Waals surface area contributed by atoms with E-state index in [9.17, 15) is 9.59 Å². The molecule has 8 nitrogen and oxygen atoms in total. The molecule has 2 aromatic carbocycles. The molecule has 0 aliphatic carbocycles. The SMILES string of the molecule is C[C@H]1Oc2ccc(NC(=O)c3cccc(OCc4cn5ccccc5n4)c3)cc2NC1=O. The quantitative estimate of drug-likeness (QED) is 0.503. The Balaban J connectivity index is 1.26. The molecular formula is C24H20N4O4. The molecule has 2 N–H and O–H groups in total. The fourth-order valence-electron chi connectivity index (χ4n) is 3.43. The molecule has 3 heterocycles. The first-order valence-corrected chi connectivity index (χ1v) is 10.1. The summed E-state index contributed by atoms with van der Waals surface area (Å²) in [6, 6.07) is 17.8. The number of anilines is 2. The number of hydrogen-bond donors (Lipinski definition) is 2. The van der Waals surface area contributed by atoms with E-state index in [1.807, 2.05) is 35.0 Å². The first kappa shape index (κ1) is 19.6. The summed E-state index contributed by atoms with van der Waals surface area (Å²) in [7, 11) is 0. The molecule has 4 aromatic rings. The van der Waals surface area contributed by atoms with E-state index in [1.165, 1.54) is 0 Å². The van der Waals surface area contributed by atoms with Gasteiger partial charge in [0, 0.05) is 23.6 Å². The highest BCUT2D eigenvalue weighted by atomic mass is 16.5. The first-order chi connectivity index (χ1) is 15.5. The van der Waals surface area contributed by atoms with Gasteiger partial charge in [-0.2, -0.15) is 0 Å². The Morgan fingerprint density at radius 3 is 2.97 bits per heavy atom.